The van der Waals surface area contributed by atoms with Gasteiger partial charge in [0.05, 0.1) is 17.9 Å². The summed E-state index contributed by atoms with van der Waals surface area (Å²) in [6, 6.07) is 1.97. The van der Waals surface area contributed by atoms with Crippen molar-refractivity contribution in [3.8, 4) is 0 Å². The summed E-state index contributed by atoms with van der Waals surface area (Å²) in [6.07, 6.45) is 5.14. The normalized spacial score (nSPS) is 21.2. The molecular weight excluding hydrogens is 286 g/mol. The summed E-state index contributed by atoms with van der Waals surface area (Å²) in [5.74, 6) is 1.30. The number of aromatic nitrogens is 1. The van der Waals surface area contributed by atoms with Crippen LogP contribution in [0.1, 0.15) is 43.5 Å². The van der Waals surface area contributed by atoms with Crippen molar-refractivity contribution in [2.75, 3.05) is 23.4 Å². The lowest BCUT2D eigenvalue weighted by Crippen LogP contribution is -2.27. The van der Waals surface area contributed by atoms with Crippen LogP contribution >= 0.6 is 11.8 Å². The van der Waals surface area contributed by atoms with Crippen molar-refractivity contribution in [1.82, 2.24) is 4.98 Å². The number of hydrogen-bond donors (Lipinski definition) is 2. The van der Waals surface area contributed by atoms with Gasteiger partial charge in [-0.05, 0) is 31.6 Å². The Morgan fingerprint density at radius 1 is 1.52 bits per heavy atom. The van der Waals surface area contributed by atoms with Crippen LogP contribution in [0.15, 0.2) is 12.3 Å². The molecule has 0 aliphatic heterocycles. The van der Waals surface area contributed by atoms with E-state index < -0.39 is 5.97 Å². The Bertz CT molecular complexity index is 496. The number of hydrogen-bond acceptors (Lipinski definition) is 6. The fraction of sp³-hybridized carbons (Fsp3) is 0.600. The predicted molar refractivity (Wildman–Crippen MR) is 87.8 cm³/mol. The molecule has 0 saturated heterocycles. The molecule has 2 unspecified atom stereocenters. The lowest BCUT2D eigenvalue weighted by Gasteiger charge is -2.22. The van der Waals surface area contributed by atoms with Crippen LogP contribution in [0.4, 0.5) is 11.5 Å². The average Bonchev–Trinajstić information content (AvgIpc) is 2.89. The van der Waals surface area contributed by atoms with Gasteiger partial charge >= 0.3 is 5.97 Å². The standard InChI is InChI=1S/C15H23N3O2S/c1-3-20-15(19)10-8-9-17-14(13(10)16)18-11-6-5-7-12(11)21-4-2/h8-9,11-12H,3-7,16H2,1-2H3,(H,17,18). The van der Waals surface area contributed by atoms with Crippen molar-refractivity contribution in [1.29, 1.82) is 0 Å². The number of carbonyl (C=O) groups excluding carboxylic acids is 1. The summed E-state index contributed by atoms with van der Waals surface area (Å²) in [5.41, 5.74) is 6.84. The van der Waals surface area contributed by atoms with Crippen LogP contribution in [-0.4, -0.2) is 34.6 Å². The van der Waals surface area contributed by atoms with Crippen molar-refractivity contribution < 1.29 is 9.53 Å². The van der Waals surface area contributed by atoms with Gasteiger partial charge in [0.2, 0.25) is 0 Å². The molecule has 1 aromatic rings. The molecule has 0 bridgehead atoms. The van der Waals surface area contributed by atoms with Crippen LogP contribution in [0.5, 0.6) is 0 Å². The van der Waals surface area contributed by atoms with E-state index >= 15 is 0 Å². The van der Waals surface area contributed by atoms with Gasteiger partial charge in [-0.25, -0.2) is 9.78 Å². The molecule has 1 fully saturated rings. The smallest absolute Gasteiger partial charge is 0.340 e. The van der Waals surface area contributed by atoms with Crippen molar-refractivity contribution in [3.05, 3.63) is 17.8 Å². The second-order valence-electron chi connectivity index (χ2n) is 5.02. The van der Waals surface area contributed by atoms with Crippen molar-refractivity contribution in [2.24, 2.45) is 0 Å². The number of anilines is 2. The van der Waals surface area contributed by atoms with Gasteiger partial charge in [0.25, 0.3) is 0 Å². The Balaban J connectivity index is 2.13. The molecule has 3 N–H and O–H groups in total. The van der Waals surface area contributed by atoms with Crippen LogP contribution in [0.3, 0.4) is 0 Å². The molecule has 0 radical (unpaired) electrons. The molecular formula is C15H23N3O2S. The molecule has 2 atom stereocenters. The zero-order valence-corrected chi connectivity index (χ0v) is 13.4. The third-order valence-electron chi connectivity index (χ3n) is 3.64. The van der Waals surface area contributed by atoms with E-state index in [1.165, 1.54) is 12.8 Å². The summed E-state index contributed by atoms with van der Waals surface area (Å²) in [6.45, 7) is 4.29. The van der Waals surface area contributed by atoms with Crippen molar-refractivity contribution >= 4 is 29.2 Å². The summed E-state index contributed by atoms with van der Waals surface area (Å²) in [7, 11) is 0. The first kappa shape index (κ1) is 15.9. The van der Waals surface area contributed by atoms with Gasteiger partial charge in [0.15, 0.2) is 0 Å². The molecule has 0 amide bonds. The van der Waals surface area contributed by atoms with Crippen LogP contribution in [0.25, 0.3) is 0 Å². The number of pyridine rings is 1. The fourth-order valence-corrected chi connectivity index (χ4v) is 3.85. The molecule has 1 saturated carbocycles. The second-order valence-corrected chi connectivity index (χ2v) is 6.53. The SMILES string of the molecule is CCOC(=O)c1ccnc(NC2CCCC2SCC)c1N. The molecule has 2 rings (SSSR count). The van der Waals surface area contributed by atoms with E-state index in [-0.39, 0.29) is 0 Å². The van der Waals surface area contributed by atoms with Gasteiger partial charge in [-0.3, -0.25) is 0 Å². The number of nitrogens with two attached hydrogens (primary N) is 1. The lowest BCUT2D eigenvalue weighted by atomic mass is 10.2. The third-order valence-corrected chi connectivity index (χ3v) is 4.97. The third kappa shape index (κ3) is 3.81. The Kier molecular flexibility index (Phi) is 5.73. The Hall–Kier alpha value is -1.43. The van der Waals surface area contributed by atoms with Crippen LogP contribution in [0.2, 0.25) is 0 Å². The highest BCUT2D eigenvalue weighted by Gasteiger charge is 2.28. The maximum absolute atomic E-state index is 11.9. The molecule has 116 valence electrons. The number of nitrogens with one attached hydrogen (secondary N) is 1. The minimum Gasteiger partial charge on any atom is -0.462 e. The fourth-order valence-electron chi connectivity index (χ4n) is 2.66. The van der Waals surface area contributed by atoms with E-state index in [4.69, 9.17) is 10.5 Å². The maximum atomic E-state index is 11.9. The quantitative estimate of drug-likeness (QED) is 0.787. The number of ether oxygens (including phenoxy) is 1. The number of nitrogens with zero attached hydrogens (tertiary/aromatic N) is 1. The molecule has 0 spiro atoms. The van der Waals surface area contributed by atoms with Crippen molar-refractivity contribution in [3.63, 3.8) is 0 Å². The Morgan fingerprint density at radius 2 is 2.33 bits per heavy atom. The molecule has 1 aromatic heterocycles. The van der Waals surface area contributed by atoms with Gasteiger partial charge in [-0.15, -0.1) is 0 Å². The van der Waals surface area contributed by atoms with E-state index in [2.05, 4.69) is 17.2 Å². The average molecular weight is 309 g/mol. The molecule has 5 nitrogen and oxygen atoms in total. The lowest BCUT2D eigenvalue weighted by molar-refractivity contribution is 0.0527. The van der Waals surface area contributed by atoms with Gasteiger partial charge in [0, 0.05) is 17.5 Å². The molecule has 21 heavy (non-hydrogen) atoms. The number of rotatable bonds is 6. The van der Waals surface area contributed by atoms with E-state index in [0.29, 0.717) is 35.0 Å². The minimum absolute atomic E-state index is 0.335. The van der Waals surface area contributed by atoms with E-state index in [1.54, 1.807) is 19.2 Å². The van der Waals surface area contributed by atoms with Crippen LogP contribution < -0.4 is 11.1 Å². The molecule has 0 aromatic carbocycles. The molecule has 6 heteroatoms. The molecule has 1 aliphatic carbocycles. The number of esters is 1. The minimum atomic E-state index is -0.397. The van der Waals surface area contributed by atoms with E-state index in [9.17, 15) is 4.79 Å². The first-order valence-corrected chi connectivity index (χ1v) is 8.52. The molecule has 1 heterocycles. The number of thioether (sulfide) groups is 1. The summed E-state index contributed by atoms with van der Waals surface area (Å²) < 4.78 is 5.01. The first-order chi connectivity index (χ1) is 10.2. The highest BCUT2D eigenvalue weighted by atomic mass is 32.2. The van der Waals surface area contributed by atoms with E-state index in [1.807, 2.05) is 11.8 Å². The summed E-state index contributed by atoms with van der Waals surface area (Å²) in [4.78, 5) is 16.1. The van der Waals surface area contributed by atoms with Gasteiger partial charge < -0.3 is 15.8 Å². The van der Waals surface area contributed by atoms with Crippen LogP contribution in [-0.2, 0) is 4.74 Å². The number of nitrogen functional groups attached to an aromatic ring is 1. The first-order valence-electron chi connectivity index (χ1n) is 7.47. The summed E-state index contributed by atoms with van der Waals surface area (Å²) >= 11 is 1.97. The zero-order chi connectivity index (χ0) is 15.2. The van der Waals surface area contributed by atoms with Gasteiger partial charge in [0.1, 0.15) is 5.82 Å². The maximum Gasteiger partial charge on any atom is 0.340 e. The second kappa shape index (κ2) is 7.54. The van der Waals surface area contributed by atoms with Crippen LogP contribution in [0, 0.1) is 0 Å². The Labute approximate surface area is 130 Å². The zero-order valence-electron chi connectivity index (χ0n) is 12.6. The summed E-state index contributed by atoms with van der Waals surface area (Å²) in [5, 5.41) is 4.00. The highest BCUT2D eigenvalue weighted by Crippen LogP contribution is 2.33. The monoisotopic (exact) mass is 309 g/mol. The largest absolute Gasteiger partial charge is 0.462 e. The Morgan fingerprint density at radius 3 is 3.05 bits per heavy atom. The number of carbonyl (C=O) groups is 1. The predicted octanol–water partition coefficient (Wildman–Crippen LogP) is 2.93. The molecule has 1 aliphatic rings. The van der Waals surface area contributed by atoms with Gasteiger partial charge in [-0.2, -0.15) is 11.8 Å². The van der Waals surface area contributed by atoms with E-state index in [0.717, 1.165) is 12.2 Å². The topological polar surface area (TPSA) is 77.2 Å². The van der Waals surface area contributed by atoms with Gasteiger partial charge in [-0.1, -0.05) is 13.3 Å². The highest BCUT2D eigenvalue weighted by molar-refractivity contribution is 7.99. The van der Waals surface area contributed by atoms with Crippen molar-refractivity contribution in [2.45, 2.75) is 44.4 Å².